The number of nitrogens with zero attached hydrogens (tertiary/aromatic N) is 3. The van der Waals surface area contributed by atoms with Crippen molar-refractivity contribution >= 4 is 41.3 Å². The summed E-state index contributed by atoms with van der Waals surface area (Å²) < 4.78 is 11.0. The zero-order valence-electron chi connectivity index (χ0n) is 18.3. The summed E-state index contributed by atoms with van der Waals surface area (Å²) in [4.78, 5) is 8.77. The van der Waals surface area contributed by atoms with E-state index in [2.05, 4.69) is 52.1 Å². The van der Waals surface area contributed by atoms with E-state index in [0.29, 0.717) is 6.54 Å². The van der Waals surface area contributed by atoms with E-state index in [1.54, 1.807) is 11.3 Å². The number of aromatic nitrogens is 1. The largest absolute Gasteiger partial charge is 0.376 e. The monoisotopic (exact) mass is 547 g/mol. The number of hydrogen-bond acceptors (Lipinski definition) is 6. The predicted molar refractivity (Wildman–Crippen MR) is 133 cm³/mol. The Labute approximate surface area is 200 Å². The van der Waals surface area contributed by atoms with Gasteiger partial charge < -0.3 is 19.9 Å². The molecule has 3 rings (SSSR count). The third-order valence-corrected chi connectivity index (χ3v) is 6.17. The maximum absolute atomic E-state index is 5.74. The second-order valence-corrected chi connectivity index (χ2v) is 8.39. The minimum atomic E-state index is 0. The summed E-state index contributed by atoms with van der Waals surface area (Å²) in [5.41, 5.74) is 2.14. The summed E-state index contributed by atoms with van der Waals surface area (Å²) >= 11 is 1.80. The van der Waals surface area contributed by atoms with E-state index in [0.717, 1.165) is 56.6 Å². The summed E-state index contributed by atoms with van der Waals surface area (Å²) in [6.45, 7) is 13.2. The van der Waals surface area contributed by atoms with Gasteiger partial charge in [0, 0.05) is 36.6 Å². The zero-order chi connectivity index (χ0) is 20.6. The van der Waals surface area contributed by atoms with Crippen LogP contribution in [0.15, 0.2) is 27.0 Å². The van der Waals surface area contributed by atoms with Gasteiger partial charge in [-0.3, -0.25) is 9.89 Å². The Hall–Kier alpha value is -1.17. The van der Waals surface area contributed by atoms with E-state index in [1.807, 2.05) is 13.8 Å². The van der Waals surface area contributed by atoms with Crippen molar-refractivity contribution in [1.29, 1.82) is 0 Å². The molecule has 0 radical (unpaired) electrons. The highest BCUT2D eigenvalue weighted by molar-refractivity contribution is 14.0. The molecular weight excluding hydrogens is 513 g/mol. The summed E-state index contributed by atoms with van der Waals surface area (Å²) in [5.74, 6) is 1.74. The molecule has 0 saturated carbocycles. The van der Waals surface area contributed by atoms with Crippen molar-refractivity contribution in [3.05, 3.63) is 39.4 Å². The fourth-order valence-corrected chi connectivity index (χ4v) is 4.53. The number of guanidine groups is 1. The van der Waals surface area contributed by atoms with Crippen molar-refractivity contribution in [2.45, 2.75) is 46.3 Å². The molecule has 1 saturated heterocycles. The standard InChI is InChI=1S/C21H33N5O2S.HI/c1-5-22-21(23-9-8-18-16(3)25-28-17(18)4)24-13-19(20-7-6-12-29-20)26-10-11-27-15(2)14-26;/h6-7,12,15,19H,5,8-11,13-14H2,1-4H3,(H2,22,23,24);1H. The molecule has 1 aliphatic rings. The number of nitrogens with one attached hydrogen (secondary N) is 2. The van der Waals surface area contributed by atoms with E-state index >= 15 is 0 Å². The smallest absolute Gasteiger partial charge is 0.191 e. The average molecular weight is 548 g/mol. The normalized spacial score (nSPS) is 18.7. The van der Waals surface area contributed by atoms with Gasteiger partial charge in [-0.2, -0.15) is 0 Å². The average Bonchev–Trinajstić information content (AvgIpc) is 3.34. The molecule has 1 aliphatic heterocycles. The molecule has 168 valence electrons. The van der Waals surface area contributed by atoms with Crippen LogP contribution in [0.2, 0.25) is 0 Å². The maximum Gasteiger partial charge on any atom is 0.191 e. The molecule has 0 aromatic carbocycles. The summed E-state index contributed by atoms with van der Waals surface area (Å²) in [7, 11) is 0. The molecule has 0 spiro atoms. The van der Waals surface area contributed by atoms with Crippen molar-refractivity contribution in [3.8, 4) is 0 Å². The summed E-state index contributed by atoms with van der Waals surface area (Å²) in [6.07, 6.45) is 1.12. The van der Waals surface area contributed by atoms with E-state index in [-0.39, 0.29) is 36.1 Å². The Morgan fingerprint density at radius 2 is 2.23 bits per heavy atom. The number of morpholine rings is 1. The molecule has 0 amide bonds. The Kier molecular flexibility index (Phi) is 10.6. The van der Waals surface area contributed by atoms with Crippen LogP contribution in [0.3, 0.4) is 0 Å². The molecule has 1 fully saturated rings. The topological polar surface area (TPSA) is 74.9 Å². The van der Waals surface area contributed by atoms with Crippen LogP contribution in [0.1, 0.15) is 41.8 Å². The third kappa shape index (κ3) is 6.93. The minimum Gasteiger partial charge on any atom is -0.376 e. The summed E-state index contributed by atoms with van der Waals surface area (Å²) in [6, 6.07) is 4.61. The number of thiophene rings is 1. The van der Waals surface area contributed by atoms with Gasteiger partial charge in [0.15, 0.2) is 5.96 Å². The van der Waals surface area contributed by atoms with Crippen molar-refractivity contribution in [2.24, 2.45) is 4.99 Å². The highest BCUT2D eigenvalue weighted by atomic mass is 127. The first-order valence-corrected chi connectivity index (χ1v) is 11.3. The molecule has 0 bridgehead atoms. The highest BCUT2D eigenvalue weighted by Crippen LogP contribution is 2.27. The number of halogens is 1. The van der Waals surface area contributed by atoms with E-state index in [9.17, 15) is 0 Å². The van der Waals surface area contributed by atoms with Crippen LogP contribution < -0.4 is 10.6 Å². The van der Waals surface area contributed by atoms with Gasteiger partial charge in [0.2, 0.25) is 0 Å². The van der Waals surface area contributed by atoms with Crippen molar-refractivity contribution in [2.75, 3.05) is 39.3 Å². The lowest BCUT2D eigenvalue weighted by atomic mass is 10.1. The lowest BCUT2D eigenvalue weighted by Gasteiger charge is -2.36. The van der Waals surface area contributed by atoms with Crippen LogP contribution in [0, 0.1) is 13.8 Å². The van der Waals surface area contributed by atoms with E-state index < -0.39 is 0 Å². The molecule has 3 heterocycles. The quantitative estimate of drug-likeness (QED) is 0.299. The fourth-order valence-electron chi connectivity index (χ4n) is 3.68. The van der Waals surface area contributed by atoms with E-state index in [4.69, 9.17) is 14.3 Å². The predicted octanol–water partition coefficient (Wildman–Crippen LogP) is 3.53. The number of hydrogen-bond donors (Lipinski definition) is 2. The van der Waals surface area contributed by atoms with Crippen LogP contribution in [0.4, 0.5) is 0 Å². The van der Waals surface area contributed by atoms with Gasteiger partial charge in [0.05, 0.1) is 31.0 Å². The third-order valence-electron chi connectivity index (χ3n) is 5.20. The molecule has 2 N–H and O–H groups in total. The molecule has 2 aromatic heterocycles. The molecule has 2 atom stereocenters. The maximum atomic E-state index is 5.74. The lowest BCUT2D eigenvalue weighted by molar-refractivity contribution is -0.0327. The second-order valence-electron chi connectivity index (χ2n) is 7.41. The molecule has 9 heteroatoms. The zero-order valence-corrected chi connectivity index (χ0v) is 21.5. The number of aryl methyl sites for hydroxylation is 2. The van der Waals surface area contributed by atoms with Gasteiger partial charge in [-0.1, -0.05) is 11.2 Å². The van der Waals surface area contributed by atoms with Crippen molar-refractivity contribution in [1.82, 2.24) is 20.7 Å². The van der Waals surface area contributed by atoms with Crippen LogP contribution in [0.25, 0.3) is 0 Å². The van der Waals surface area contributed by atoms with Crippen LogP contribution in [0.5, 0.6) is 0 Å². The molecule has 0 aliphatic carbocycles. The molecule has 30 heavy (non-hydrogen) atoms. The van der Waals surface area contributed by atoms with Gasteiger partial charge in [-0.05, 0) is 45.6 Å². The Morgan fingerprint density at radius 3 is 2.87 bits per heavy atom. The fraction of sp³-hybridized carbons (Fsp3) is 0.619. The van der Waals surface area contributed by atoms with Crippen molar-refractivity contribution in [3.63, 3.8) is 0 Å². The Morgan fingerprint density at radius 1 is 1.40 bits per heavy atom. The van der Waals surface area contributed by atoms with Crippen LogP contribution >= 0.6 is 35.3 Å². The number of ether oxygens (including phenoxy) is 1. The first-order valence-electron chi connectivity index (χ1n) is 10.4. The highest BCUT2D eigenvalue weighted by Gasteiger charge is 2.26. The van der Waals surface area contributed by atoms with Crippen molar-refractivity contribution < 1.29 is 9.26 Å². The van der Waals surface area contributed by atoms with Gasteiger partial charge >= 0.3 is 0 Å². The molecule has 2 aromatic rings. The van der Waals surface area contributed by atoms with Crippen LogP contribution in [-0.2, 0) is 11.2 Å². The minimum absolute atomic E-state index is 0. The van der Waals surface area contributed by atoms with Gasteiger partial charge in [0.1, 0.15) is 5.76 Å². The first-order chi connectivity index (χ1) is 14.1. The Balaban J connectivity index is 0.00000320. The van der Waals surface area contributed by atoms with Gasteiger partial charge in [-0.15, -0.1) is 35.3 Å². The SMILES string of the molecule is CCNC(=NCC(c1cccs1)N1CCOC(C)C1)NCCc1c(C)noc1C.I. The van der Waals surface area contributed by atoms with Crippen LogP contribution in [-0.4, -0.2) is 61.5 Å². The molecular formula is C21H34IN5O2S. The molecule has 2 unspecified atom stereocenters. The Bertz CT molecular complexity index is 761. The first kappa shape index (κ1) is 25.1. The molecule has 7 nitrogen and oxygen atoms in total. The van der Waals surface area contributed by atoms with E-state index in [1.165, 1.54) is 10.4 Å². The lowest BCUT2D eigenvalue weighted by Crippen LogP contribution is -2.44. The second kappa shape index (κ2) is 12.6. The van der Waals surface area contributed by atoms with Gasteiger partial charge in [-0.25, -0.2) is 0 Å². The van der Waals surface area contributed by atoms with Gasteiger partial charge in [0.25, 0.3) is 0 Å². The summed E-state index contributed by atoms with van der Waals surface area (Å²) in [5, 5.41) is 13.0. The number of rotatable bonds is 8. The number of aliphatic imine (C=N–C) groups is 1.